The van der Waals surface area contributed by atoms with Crippen molar-refractivity contribution in [1.82, 2.24) is 9.88 Å². The predicted octanol–water partition coefficient (Wildman–Crippen LogP) is 2.15. The lowest BCUT2D eigenvalue weighted by molar-refractivity contribution is 0.221. The van der Waals surface area contributed by atoms with Crippen LogP contribution in [-0.2, 0) is 6.42 Å². The third-order valence-corrected chi connectivity index (χ3v) is 3.74. The number of hydrogen-bond donors (Lipinski definition) is 1. The molecule has 1 fully saturated rings. The fourth-order valence-electron chi connectivity index (χ4n) is 2.56. The van der Waals surface area contributed by atoms with E-state index in [1.165, 1.54) is 5.56 Å². The van der Waals surface area contributed by atoms with E-state index in [0.29, 0.717) is 18.8 Å². The van der Waals surface area contributed by atoms with Crippen molar-refractivity contribution in [3.8, 4) is 0 Å². The Morgan fingerprint density at radius 2 is 1.86 bits per heavy atom. The molecule has 21 heavy (non-hydrogen) atoms. The number of hydrogen-bond acceptors (Lipinski definition) is 3. The molecule has 2 aromatic rings. The number of benzene rings is 1. The van der Waals surface area contributed by atoms with Gasteiger partial charge in [0.2, 0.25) is 0 Å². The number of rotatable bonds is 4. The molecule has 2 heterocycles. The Morgan fingerprint density at radius 1 is 1.10 bits per heavy atom. The van der Waals surface area contributed by atoms with Gasteiger partial charge in [0, 0.05) is 32.0 Å². The summed E-state index contributed by atoms with van der Waals surface area (Å²) in [6.45, 7) is 2.13. The maximum atomic E-state index is 12.5. The van der Waals surface area contributed by atoms with Crippen molar-refractivity contribution in [2.75, 3.05) is 30.3 Å². The minimum absolute atomic E-state index is 0.0296. The number of anilines is 2. The highest BCUT2D eigenvalue weighted by Crippen LogP contribution is 2.26. The van der Waals surface area contributed by atoms with Gasteiger partial charge in [-0.15, -0.1) is 0 Å². The molecular formula is C16H18N4O. The molecule has 0 atom stereocenters. The number of nitrogen functional groups attached to an aromatic ring is 1. The third-order valence-electron chi connectivity index (χ3n) is 3.74. The van der Waals surface area contributed by atoms with Gasteiger partial charge < -0.3 is 10.6 Å². The summed E-state index contributed by atoms with van der Waals surface area (Å²) in [4.78, 5) is 20.1. The van der Waals surface area contributed by atoms with Crippen molar-refractivity contribution in [1.29, 1.82) is 0 Å². The minimum atomic E-state index is 0.0296. The first-order chi connectivity index (χ1) is 10.3. The highest BCUT2D eigenvalue weighted by atomic mass is 16.2. The summed E-state index contributed by atoms with van der Waals surface area (Å²) in [5.41, 5.74) is 8.58. The van der Waals surface area contributed by atoms with Crippen molar-refractivity contribution < 1.29 is 4.79 Å². The van der Waals surface area contributed by atoms with E-state index in [1.54, 1.807) is 17.3 Å². The van der Waals surface area contributed by atoms with Gasteiger partial charge in [-0.3, -0.25) is 9.88 Å². The Morgan fingerprint density at radius 3 is 2.62 bits per heavy atom. The topological polar surface area (TPSA) is 62.5 Å². The van der Waals surface area contributed by atoms with Crippen LogP contribution in [0.3, 0.4) is 0 Å². The lowest BCUT2D eigenvalue weighted by Gasteiger charge is -2.19. The summed E-state index contributed by atoms with van der Waals surface area (Å²) in [7, 11) is 0. The molecule has 1 aromatic heterocycles. The molecule has 0 bridgehead atoms. The Bertz CT molecular complexity index is 629. The van der Waals surface area contributed by atoms with E-state index in [9.17, 15) is 4.79 Å². The smallest absolute Gasteiger partial charge is 0.324 e. The Hall–Kier alpha value is -2.56. The summed E-state index contributed by atoms with van der Waals surface area (Å²) >= 11 is 0. The van der Waals surface area contributed by atoms with Crippen LogP contribution in [0.15, 0.2) is 48.8 Å². The van der Waals surface area contributed by atoms with Crippen molar-refractivity contribution in [3.05, 3.63) is 54.4 Å². The van der Waals surface area contributed by atoms with Gasteiger partial charge in [-0.25, -0.2) is 4.79 Å². The van der Waals surface area contributed by atoms with Gasteiger partial charge in [0.1, 0.15) is 0 Å². The van der Waals surface area contributed by atoms with Crippen molar-refractivity contribution in [3.63, 3.8) is 0 Å². The molecule has 0 aliphatic carbocycles. The summed E-state index contributed by atoms with van der Waals surface area (Å²) in [6, 6.07) is 11.5. The van der Waals surface area contributed by atoms with Crippen LogP contribution in [0.4, 0.5) is 16.2 Å². The second kappa shape index (κ2) is 5.83. The van der Waals surface area contributed by atoms with Gasteiger partial charge >= 0.3 is 6.03 Å². The Labute approximate surface area is 124 Å². The van der Waals surface area contributed by atoms with Crippen molar-refractivity contribution >= 4 is 17.4 Å². The number of amides is 2. The molecule has 108 valence electrons. The zero-order valence-corrected chi connectivity index (χ0v) is 11.8. The summed E-state index contributed by atoms with van der Waals surface area (Å²) < 4.78 is 0. The average Bonchev–Trinajstić information content (AvgIpc) is 2.88. The number of carbonyl (C=O) groups is 1. The van der Waals surface area contributed by atoms with Crippen LogP contribution in [0, 0.1) is 0 Å². The normalized spacial score (nSPS) is 14.8. The molecule has 1 saturated heterocycles. The minimum Gasteiger partial charge on any atom is -0.397 e. The van der Waals surface area contributed by atoms with E-state index in [0.717, 1.165) is 18.7 Å². The van der Waals surface area contributed by atoms with Crippen LogP contribution in [0.25, 0.3) is 0 Å². The Balaban J connectivity index is 1.65. The van der Waals surface area contributed by atoms with Crippen LogP contribution in [0.5, 0.6) is 0 Å². The van der Waals surface area contributed by atoms with Gasteiger partial charge in [-0.1, -0.05) is 12.1 Å². The molecule has 0 saturated carbocycles. The Kier molecular flexibility index (Phi) is 3.73. The number of aromatic nitrogens is 1. The van der Waals surface area contributed by atoms with E-state index >= 15 is 0 Å². The zero-order valence-electron chi connectivity index (χ0n) is 11.8. The second-order valence-corrected chi connectivity index (χ2v) is 5.09. The van der Waals surface area contributed by atoms with E-state index in [-0.39, 0.29) is 6.03 Å². The standard InChI is InChI=1S/C16H18N4O/c17-14-3-1-2-4-15(14)20-12-11-19(16(20)21)10-7-13-5-8-18-9-6-13/h1-6,8-9H,7,10-12,17H2. The highest BCUT2D eigenvalue weighted by molar-refractivity contribution is 5.97. The third kappa shape index (κ3) is 2.81. The number of pyridine rings is 1. The van der Waals surface area contributed by atoms with E-state index < -0.39 is 0 Å². The van der Waals surface area contributed by atoms with Gasteiger partial charge in [-0.2, -0.15) is 0 Å². The molecule has 3 rings (SSSR count). The van der Waals surface area contributed by atoms with Gasteiger partial charge in [0.15, 0.2) is 0 Å². The molecule has 1 aliphatic heterocycles. The molecule has 2 amide bonds. The monoisotopic (exact) mass is 282 g/mol. The molecule has 2 N–H and O–H groups in total. The SMILES string of the molecule is Nc1ccccc1N1CCN(CCc2ccncc2)C1=O. The fraction of sp³-hybridized carbons (Fsp3) is 0.250. The molecule has 0 spiro atoms. The second-order valence-electron chi connectivity index (χ2n) is 5.09. The molecule has 5 nitrogen and oxygen atoms in total. The van der Waals surface area contributed by atoms with Crippen LogP contribution in [0.2, 0.25) is 0 Å². The number of carbonyl (C=O) groups excluding carboxylic acids is 1. The predicted molar refractivity (Wildman–Crippen MR) is 83.1 cm³/mol. The molecule has 0 unspecified atom stereocenters. The van der Waals surface area contributed by atoms with Crippen LogP contribution in [-0.4, -0.2) is 35.5 Å². The van der Waals surface area contributed by atoms with Gasteiger partial charge in [-0.05, 0) is 36.2 Å². The zero-order chi connectivity index (χ0) is 14.7. The van der Waals surface area contributed by atoms with Crippen LogP contribution in [0.1, 0.15) is 5.56 Å². The first kappa shape index (κ1) is 13.4. The lowest BCUT2D eigenvalue weighted by Crippen LogP contribution is -2.33. The van der Waals surface area contributed by atoms with Crippen LogP contribution < -0.4 is 10.6 Å². The summed E-state index contributed by atoms with van der Waals surface area (Å²) in [5.74, 6) is 0. The summed E-state index contributed by atoms with van der Waals surface area (Å²) in [5, 5.41) is 0. The maximum absolute atomic E-state index is 12.5. The fourth-order valence-corrected chi connectivity index (χ4v) is 2.56. The van der Waals surface area contributed by atoms with Crippen molar-refractivity contribution in [2.24, 2.45) is 0 Å². The number of nitrogens with two attached hydrogens (primary N) is 1. The molecule has 1 aliphatic rings. The largest absolute Gasteiger partial charge is 0.397 e. The highest BCUT2D eigenvalue weighted by Gasteiger charge is 2.29. The average molecular weight is 282 g/mol. The number of urea groups is 1. The maximum Gasteiger partial charge on any atom is 0.324 e. The quantitative estimate of drug-likeness (QED) is 0.874. The van der Waals surface area contributed by atoms with Crippen LogP contribution >= 0.6 is 0 Å². The first-order valence-corrected chi connectivity index (χ1v) is 7.05. The first-order valence-electron chi connectivity index (χ1n) is 7.05. The molecule has 0 radical (unpaired) electrons. The van der Waals surface area contributed by atoms with Crippen molar-refractivity contribution in [2.45, 2.75) is 6.42 Å². The van der Waals surface area contributed by atoms with Gasteiger partial charge in [0.25, 0.3) is 0 Å². The number of nitrogens with zero attached hydrogens (tertiary/aromatic N) is 3. The van der Waals surface area contributed by atoms with Gasteiger partial charge in [0.05, 0.1) is 11.4 Å². The molecule has 1 aromatic carbocycles. The molecule has 5 heteroatoms. The lowest BCUT2D eigenvalue weighted by atomic mass is 10.2. The summed E-state index contributed by atoms with van der Waals surface area (Å²) in [6.07, 6.45) is 4.39. The van der Waals surface area contributed by atoms with E-state index in [1.807, 2.05) is 41.3 Å². The molecular weight excluding hydrogens is 264 g/mol. The van der Waals surface area contributed by atoms with E-state index in [4.69, 9.17) is 5.73 Å². The van der Waals surface area contributed by atoms with E-state index in [2.05, 4.69) is 4.98 Å². The number of para-hydroxylation sites is 2.